The SMILES string of the molecule is O=C(Cl)C=Cc1ccc(Cl)cc1. The van der Waals surface area contributed by atoms with Crippen LogP contribution in [-0.2, 0) is 4.79 Å². The molecule has 0 heterocycles. The van der Waals surface area contributed by atoms with Crippen LogP contribution < -0.4 is 0 Å². The topological polar surface area (TPSA) is 17.1 Å². The lowest BCUT2D eigenvalue weighted by molar-refractivity contribution is -0.107. The molecule has 62 valence electrons. The van der Waals surface area contributed by atoms with E-state index in [-0.39, 0.29) is 0 Å². The van der Waals surface area contributed by atoms with Gasteiger partial charge in [0.05, 0.1) is 0 Å². The Morgan fingerprint density at radius 2 is 1.83 bits per heavy atom. The fourth-order valence-electron chi connectivity index (χ4n) is 0.736. The van der Waals surface area contributed by atoms with Crippen LogP contribution >= 0.6 is 23.2 Å². The molecular formula is C9H6Cl2O. The molecule has 1 aromatic rings. The van der Waals surface area contributed by atoms with Crippen molar-refractivity contribution in [1.82, 2.24) is 0 Å². The maximum absolute atomic E-state index is 10.3. The van der Waals surface area contributed by atoms with Gasteiger partial charge in [-0.1, -0.05) is 29.8 Å². The third kappa shape index (κ3) is 3.07. The molecule has 0 atom stereocenters. The van der Waals surface area contributed by atoms with E-state index in [9.17, 15) is 4.79 Å². The lowest BCUT2D eigenvalue weighted by Gasteiger charge is -1.91. The van der Waals surface area contributed by atoms with Crippen molar-refractivity contribution in [3.63, 3.8) is 0 Å². The summed E-state index contributed by atoms with van der Waals surface area (Å²) >= 11 is 10.8. The molecule has 0 amide bonds. The maximum atomic E-state index is 10.3. The molecule has 0 aliphatic rings. The molecule has 0 N–H and O–H groups in total. The number of carbonyl (C=O) groups excluding carboxylic acids is 1. The molecule has 12 heavy (non-hydrogen) atoms. The summed E-state index contributed by atoms with van der Waals surface area (Å²) in [6.45, 7) is 0. The smallest absolute Gasteiger partial charge is 0.245 e. The van der Waals surface area contributed by atoms with E-state index in [2.05, 4.69) is 0 Å². The standard InChI is InChI=1S/C9H6Cl2O/c10-8-4-1-7(2-5-8)3-6-9(11)12/h1-6H. The van der Waals surface area contributed by atoms with Gasteiger partial charge in [0.25, 0.3) is 0 Å². The van der Waals surface area contributed by atoms with Gasteiger partial charge in [-0.3, -0.25) is 4.79 Å². The van der Waals surface area contributed by atoms with Crippen LogP contribution in [0.1, 0.15) is 5.56 Å². The van der Waals surface area contributed by atoms with Gasteiger partial charge in [-0.2, -0.15) is 0 Å². The monoisotopic (exact) mass is 200 g/mol. The summed E-state index contributed by atoms with van der Waals surface area (Å²) in [6.07, 6.45) is 2.93. The van der Waals surface area contributed by atoms with E-state index in [1.165, 1.54) is 6.08 Å². The Morgan fingerprint density at radius 1 is 1.25 bits per heavy atom. The summed E-state index contributed by atoms with van der Waals surface area (Å²) in [5.74, 6) is 0. The lowest BCUT2D eigenvalue weighted by atomic mass is 10.2. The second kappa shape index (κ2) is 4.29. The van der Waals surface area contributed by atoms with E-state index < -0.39 is 5.24 Å². The first-order valence-electron chi connectivity index (χ1n) is 3.31. The van der Waals surface area contributed by atoms with Crippen LogP contribution in [0.15, 0.2) is 30.3 Å². The second-order valence-electron chi connectivity index (χ2n) is 2.19. The molecule has 1 aromatic carbocycles. The van der Waals surface area contributed by atoms with Crippen LogP contribution in [0.3, 0.4) is 0 Å². The zero-order chi connectivity index (χ0) is 8.97. The van der Waals surface area contributed by atoms with Crippen LogP contribution in [0.5, 0.6) is 0 Å². The van der Waals surface area contributed by atoms with Gasteiger partial charge in [-0.25, -0.2) is 0 Å². The van der Waals surface area contributed by atoms with Gasteiger partial charge < -0.3 is 0 Å². The van der Waals surface area contributed by atoms with Crippen molar-refractivity contribution in [3.05, 3.63) is 40.9 Å². The predicted molar refractivity (Wildman–Crippen MR) is 51.3 cm³/mol. The maximum Gasteiger partial charge on any atom is 0.245 e. The normalized spacial score (nSPS) is 10.5. The van der Waals surface area contributed by atoms with Crippen molar-refractivity contribution in [2.75, 3.05) is 0 Å². The largest absolute Gasteiger partial charge is 0.276 e. The molecular weight excluding hydrogens is 195 g/mol. The van der Waals surface area contributed by atoms with Crippen LogP contribution in [0.25, 0.3) is 6.08 Å². The summed E-state index contributed by atoms with van der Waals surface area (Å²) in [5, 5.41) is 0.189. The summed E-state index contributed by atoms with van der Waals surface area (Å²) < 4.78 is 0. The summed E-state index contributed by atoms with van der Waals surface area (Å²) in [4.78, 5) is 10.3. The van der Waals surface area contributed by atoms with Crippen LogP contribution in [0.2, 0.25) is 5.02 Å². The highest BCUT2D eigenvalue weighted by molar-refractivity contribution is 6.66. The average Bonchev–Trinajstić information content (AvgIpc) is 2.03. The fourth-order valence-corrected chi connectivity index (χ4v) is 0.925. The Hall–Kier alpha value is -0.790. The molecule has 0 aliphatic carbocycles. The Morgan fingerprint density at radius 3 is 2.33 bits per heavy atom. The van der Waals surface area contributed by atoms with Gasteiger partial charge >= 0.3 is 0 Å². The number of halogens is 2. The van der Waals surface area contributed by atoms with E-state index in [1.807, 2.05) is 0 Å². The Bertz CT molecular complexity index is 301. The first-order valence-corrected chi connectivity index (χ1v) is 4.07. The zero-order valence-corrected chi connectivity index (χ0v) is 7.64. The molecule has 0 saturated carbocycles. The van der Waals surface area contributed by atoms with Crippen molar-refractivity contribution >= 4 is 34.5 Å². The van der Waals surface area contributed by atoms with Gasteiger partial charge in [0, 0.05) is 5.02 Å². The number of rotatable bonds is 2. The quantitative estimate of drug-likeness (QED) is 0.530. The first-order chi connectivity index (χ1) is 5.68. The number of benzene rings is 1. The van der Waals surface area contributed by atoms with E-state index in [0.717, 1.165) is 5.56 Å². The van der Waals surface area contributed by atoms with Crippen molar-refractivity contribution in [2.45, 2.75) is 0 Å². The first kappa shape index (κ1) is 9.30. The van der Waals surface area contributed by atoms with Gasteiger partial charge in [0.2, 0.25) is 5.24 Å². The van der Waals surface area contributed by atoms with E-state index in [4.69, 9.17) is 23.2 Å². The molecule has 0 radical (unpaired) electrons. The molecule has 0 aromatic heterocycles. The Kier molecular flexibility index (Phi) is 3.32. The third-order valence-electron chi connectivity index (χ3n) is 1.28. The minimum Gasteiger partial charge on any atom is -0.276 e. The number of carbonyl (C=O) groups is 1. The van der Waals surface area contributed by atoms with Crippen LogP contribution in [0.4, 0.5) is 0 Å². The minimum atomic E-state index is -0.482. The molecule has 3 heteroatoms. The average molecular weight is 201 g/mol. The lowest BCUT2D eigenvalue weighted by Crippen LogP contribution is -1.75. The molecule has 1 nitrogen and oxygen atoms in total. The Balaban J connectivity index is 2.77. The highest BCUT2D eigenvalue weighted by Gasteiger charge is 1.89. The van der Waals surface area contributed by atoms with Crippen LogP contribution in [-0.4, -0.2) is 5.24 Å². The van der Waals surface area contributed by atoms with Crippen molar-refractivity contribution in [2.24, 2.45) is 0 Å². The van der Waals surface area contributed by atoms with Crippen molar-refractivity contribution < 1.29 is 4.79 Å². The van der Waals surface area contributed by atoms with E-state index >= 15 is 0 Å². The molecule has 0 bridgehead atoms. The summed E-state index contributed by atoms with van der Waals surface area (Å²) in [7, 11) is 0. The second-order valence-corrected chi connectivity index (χ2v) is 3.00. The van der Waals surface area contributed by atoms with Gasteiger partial charge in [-0.15, -0.1) is 0 Å². The highest BCUT2D eigenvalue weighted by Crippen LogP contribution is 2.10. The Labute approximate surface area is 80.6 Å². The highest BCUT2D eigenvalue weighted by atomic mass is 35.5. The number of hydrogen-bond acceptors (Lipinski definition) is 1. The molecule has 0 spiro atoms. The number of hydrogen-bond donors (Lipinski definition) is 0. The summed E-state index contributed by atoms with van der Waals surface area (Å²) in [6, 6.07) is 7.11. The number of allylic oxidation sites excluding steroid dienone is 1. The van der Waals surface area contributed by atoms with Crippen molar-refractivity contribution in [3.8, 4) is 0 Å². The van der Waals surface area contributed by atoms with Crippen LogP contribution in [0, 0.1) is 0 Å². The minimum absolute atomic E-state index is 0.482. The molecule has 0 aliphatic heterocycles. The van der Waals surface area contributed by atoms with E-state index in [0.29, 0.717) is 5.02 Å². The summed E-state index contributed by atoms with van der Waals surface area (Å²) in [5.41, 5.74) is 0.897. The zero-order valence-electron chi connectivity index (χ0n) is 6.13. The molecule has 0 saturated heterocycles. The van der Waals surface area contributed by atoms with Gasteiger partial charge in [-0.05, 0) is 35.4 Å². The van der Waals surface area contributed by atoms with E-state index in [1.54, 1.807) is 30.3 Å². The molecule has 1 rings (SSSR count). The van der Waals surface area contributed by atoms with Gasteiger partial charge in [0.15, 0.2) is 0 Å². The van der Waals surface area contributed by atoms with Crippen molar-refractivity contribution in [1.29, 1.82) is 0 Å². The molecule has 0 unspecified atom stereocenters. The predicted octanol–water partition coefficient (Wildman–Crippen LogP) is 3.12. The fraction of sp³-hybridized carbons (Fsp3) is 0. The van der Waals surface area contributed by atoms with Gasteiger partial charge in [0.1, 0.15) is 0 Å². The third-order valence-corrected chi connectivity index (χ3v) is 1.65. The molecule has 0 fully saturated rings.